The van der Waals surface area contributed by atoms with Gasteiger partial charge in [-0.05, 0) is 30.7 Å². The normalized spacial score (nSPS) is 11.2. The quantitative estimate of drug-likeness (QED) is 0.806. The number of hydrogen-bond donors (Lipinski definition) is 2. The number of benzene rings is 1. The SMILES string of the molecule is O=C(O)CCCS(=O)(=O)Nc1cccc(-n2cccn2)c1. The van der Waals surface area contributed by atoms with Crippen LogP contribution in [0.1, 0.15) is 12.8 Å². The summed E-state index contributed by atoms with van der Waals surface area (Å²) in [6.07, 6.45) is 3.28. The zero-order chi connectivity index (χ0) is 15.3. The van der Waals surface area contributed by atoms with E-state index in [4.69, 9.17) is 5.11 Å². The number of sulfonamides is 1. The van der Waals surface area contributed by atoms with Crippen LogP contribution in [-0.4, -0.2) is 35.0 Å². The minimum absolute atomic E-state index is 0.0729. The molecule has 0 spiro atoms. The summed E-state index contributed by atoms with van der Waals surface area (Å²) >= 11 is 0. The van der Waals surface area contributed by atoms with Gasteiger partial charge in [0.15, 0.2) is 0 Å². The summed E-state index contributed by atoms with van der Waals surface area (Å²) in [7, 11) is -3.56. The highest BCUT2D eigenvalue weighted by atomic mass is 32.2. The van der Waals surface area contributed by atoms with Gasteiger partial charge in [-0.2, -0.15) is 5.10 Å². The second kappa shape index (κ2) is 6.40. The summed E-state index contributed by atoms with van der Waals surface area (Å²) in [5, 5.41) is 12.6. The summed E-state index contributed by atoms with van der Waals surface area (Å²) < 4.78 is 27.8. The van der Waals surface area contributed by atoms with Crippen LogP contribution in [0.25, 0.3) is 5.69 Å². The van der Waals surface area contributed by atoms with E-state index in [-0.39, 0.29) is 18.6 Å². The van der Waals surface area contributed by atoms with Crippen molar-refractivity contribution in [3.8, 4) is 5.69 Å². The van der Waals surface area contributed by atoms with Gasteiger partial charge in [0.1, 0.15) is 0 Å². The van der Waals surface area contributed by atoms with Crippen LogP contribution in [-0.2, 0) is 14.8 Å². The van der Waals surface area contributed by atoms with Gasteiger partial charge in [0.25, 0.3) is 0 Å². The molecule has 0 unspecified atom stereocenters. The summed E-state index contributed by atoms with van der Waals surface area (Å²) in [4.78, 5) is 10.4. The number of carbonyl (C=O) groups is 1. The number of hydrogen-bond acceptors (Lipinski definition) is 4. The standard InChI is InChI=1S/C13H15N3O4S/c17-13(18)6-2-9-21(19,20)15-11-4-1-5-12(10-11)16-8-3-7-14-16/h1,3-5,7-8,10,15H,2,6,9H2,(H,17,18). The Hall–Kier alpha value is -2.35. The van der Waals surface area contributed by atoms with Gasteiger partial charge in [-0.15, -0.1) is 0 Å². The van der Waals surface area contributed by atoms with Crippen LogP contribution in [0.15, 0.2) is 42.7 Å². The van der Waals surface area contributed by atoms with E-state index in [9.17, 15) is 13.2 Å². The Labute approximate surface area is 122 Å². The first-order valence-electron chi connectivity index (χ1n) is 6.29. The van der Waals surface area contributed by atoms with Crippen LogP contribution >= 0.6 is 0 Å². The molecule has 1 heterocycles. The number of carboxylic acid groups (broad SMARTS) is 1. The average molecular weight is 309 g/mol. The number of aliphatic carboxylic acids is 1. The van der Waals surface area contributed by atoms with Crippen molar-refractivity contribution in [2.75, 3.05) is 10.5 Å². The lowest BCUT2D eigenvalue weighted by molar-refractivity contribution is -0.137. The molecule has 0 aliphatic heterocycles. The molecule has 0 bridgehead atoms. The summed E-state index contributed by atoms with van der Waals surface area (Å²) in [5.41, 5.74) is 1.14. The number of rotatable bonds is 7. The Bertz CT molecular complexity index is 711. The molecule has 7 nitrogen and oxygen atoms in total. The van der Waals surface area contributed by atoms with E-state index in [0.717, 1.165) is 5.69 Å². The topological polar surface area (TPSA) is 101 Å². The van der Waals surface area contributed by atoms with Crippen molar-refractivity contribution in [3.63, 3.8) is 0 Å². The number of nitrogens with zero attached hydrogens (tertiary/aromatic N) is 2. The zero-order valence-corrected chi connectivity index (χ0v) is 12.0. The van der Waals surface area contributed by atoms with Gasteiger partial charge in [0, 0.05) is 18.8 Å². The Morgan fingerprint density at radius 1 is 1.33 bits per heavy atom. The second-order valence-electron chi connectivity index (χ2n) is 4.42. The Kier molecular flexibility index (Phi) is 4.59. The monoisotopic (exact) mass is 309 g/mol. The summed E-state index contributed by atoms with van der Waals surface area (Å²) in [6, 6.07) is 8.56. The first-order chi connectivity index (χ1) is 9.96. The van der Waals surface area contributed by atoms with Crippen molar-refractivity contribution in [1.82, 2.24) is 9.78 Å². The highest BCUT2D eigenvalue weighted by molar-refractivity contribution is 7.92. The molecule has 0 saturated heterocycles. The highest BCUT2D eigenvalue weighted by Crippen LogP contribution is 2.15. The molecule has 2 aromatic rings. The Morgan fingerprint density at radius 3 is 2.81 bits per heavy atom. The molecule has 0 radical (unpaired) electrons. The zero-order valence-electron chi connectivity index (χ0n) is 11.1. The lowest BCUT2D eigenvalue weighted by atomic mass is 10.3. The van der Waals surface area contributed by atoms with Crippen LogP contribution in [0.5, 0.6) is 0 Å². The Balaban J connectivity index is 2.05. The fourth-order valence-corrected chi connectivity index (χ4v) is 2.89. The maximum Gasteiger partial charge on any atom is 0.303 e. The third-order valence-electron chi connectivity index (χ3n) is 2.69. The van der Waals surface area contributed by atoms with Gasteiger partial charge in [0.05, 0.1) is 17.1 Å². The number of nitrogens with one attached hydrogen (secondary N) is 1. The first-order valence-corrected chi connectivity index (χ1v) is 7.94. The first kappa shape index (κ1) is 15.0. The molecule has 112 valence electrons. The number of carboxylic acids is 1. The van der Waals surface area contributed by atoms with Crippen LogP contribution < -0.4 is 4.72 Å². The predicted octanol–water partition coefficient (Wildman–Crippen LogP) is 1.48. The maximum absolute atomic E-state index is 11.9. The molecule has 2 rings (SSSR count). The fourth-order valence-electron chi connectivity index (χ4n) is 1.78. The molecule has 0 amide bonds. The largest absolute Gasteiger partial charge is 0.481 e. The fraction of sp³-hybridized carbons (Fsp3) is 0.231. The smallest absolute Gasteiger partial charge is 0.303 e. The van der Waals surface area contributed by atoms with Crippen molar-refractivity contribution in [3.05, 3.63) is 42.7 Å². The van der Waals surface area contributed by atoms with Crippen LogP contribution in [0.3, 0.4) is 0 Å². The van der Waals surface area contributed by atoms with Gasteiger partial charge in [-0.1, -0.05) is 6.07 Å². The van der Waals surface area contributed by atoms with Crippen molar-refractivity contribution in [1.29, 1.82) is 0 Å². The molecular formula is C13H15N3O4S. The van der Waals surface area contributed by atoms with Crippen molar-refractivity contribution < 1.29 is 18.3 Å². The average Bonchev–Trinajstić information content (AvgIpc) is 2.91. The third kappa shape index (κ3) is 4.60. The highest BCUT2D eigenvalue weighted by Gasteiger charge is 2.12. The number of aromatic nitrogens is 2. The number of anilines is 1. The molecule has 21 heavy (non-hydrogen) atoms. The predicted molar refractivity (Wildman–Crippen MR) is 77.8 cm³/mol. The van der Waals surface area contributed by atoms with E-state index in [0.29, 0.717) is 5.69 Å². The molecule has 1 aromatic heterocycles. The van der Waals surface area contributed by atoms with Crippen molar-refractivity contribution >= 4 is 21.7 Å². The minimum atomic E-state index is -3.56. The van der Waals surface area contributed by atoms with Crippen LogP contribution in [0, 0.1) is 0 Å². The van der Waals surface area contributed by atoms with Gasteiger partial charge in [-0.25, -0.2) is 13.1 Å². The van der Waals surface area contributed by atoms with Gasteiger partial charge >= 0.3 is 5.97 Å². The summed E-state index contributed by atoms with van der Waals surface area (Å²) in [5.74, 6) is -1.24. The lowest BCUT2D eigenvalue weighted by Crippen LogP contribution is -2.17. The molecule has 0 aliphatic rings. The molecular weight excluding hydrogens is 294 g/mol. The van der Waals surface area contributed by atoms with E-state index in [1.165, 1.54) is 0 Å². The Morgan fingerprint density at radius 2 is 2.14 bits per heavy atom. The second-order valence-corrected chi connectivity index (χ2v) is 6.26. The van der Waals surface area contributed by atoms with E-state index >= 15 is 0 Å². The molecule has 1 aromatic carbocycles. The van der Waals surface area contributed by atoms with Crippen LogP contribution in [0.2, 0.25) is 0 Å². The molecule has 0 aliphatic carbocycles. The summed E-state index contributed by atoms with van der Waals surface area (Å²) in [6.45, 7) is 0. The van der Waals surface area contributed by atoms with E-state index in [2.05, 4.69) is 9.82 Å². The van der Waals surface area contributed by atoms with E-state index in [1.54, 1.807) is 47.4 Å². The molecule has 0 saturated carbocycles. The lowest BCUT2D eigenvalue weighted by Gasteiger charge is -2.09. The van der Waals surface area contributed by atoms with Gasteiger partial charge in [-0.3, -0.25) is 9.52 Å². The maximum atomic E-state index is 11.9. The van der Waals surface area contributed by atoms with Crippen molar-refractivity contribution in [2.24, 2.45) is 0 Å². The molecule has 2 N–H and O–H groups in total. The molecule has 8 heteroatoms. The van der Waals surface area contributed by atoms with E-state index in [1.807, 2.05) is 0 Å². The van der Waals surface area contributed by atoms with Gasteiger partial charge in [0.2, 0.25) is 10.0 Å². The molecule has 0 atom stereocenters. The van der Waals surface area contributed by atoms with E-state index < -0.39 is 16.0 Å². The van der Waals surface area contributed by atoms with Crippen LogP contribution in [0.4, 0.5) is 5.69 Å². The van der Waals surface area contributed by atoms with Gasteiger partial charge < -0.3 is 5.11 Å². The van der Waals surface area contributed by atoms with Crippen molar-refractivity contribution in [2.45, 2.75) is 12.8 Å². The minimum Gasteiger partial charge on any atom is -0.481 e. The molecule has 0 fully saturated rings. The third-order valence-corrected chi connectivity index (χ3v) is 4.06.